The number of rotatable bonds is 3. The minimum absolute atomic E-state index is 0.452. The minimum atomic E-state index is -1.04. The summed E-state index contributed by atoms with van der Waals surface area (Å²) in [6.07, 6.45) is 2.31. The van der Waals surface area contributed by atoms with Crippen molar-refractivity contribution in [2.24, 2.45) is 11.7 Å². The van der Waals surface area contributed by atoms with Gasteiger partial charge in [0, 0.05) is 18.0 Å². The molecule has 1 aromatic rings. The predicted octanol–water partition coefficient (Wildman–Crippen LogP) is 1.85. The summed E-state index contributed by atoms with van der Waals surface area (Å²) in [5, 5.41) is 11.5. The standard InChI is InChI=1S/C12H19N3O2S/c1-7-3-4-15(8(2)5-7)12-14-9(6-18-12)10(13)11(16)17/h6-8,10H,3-5,13H2,1-2H3,(H,16,17). The average molecular weight is 269 g/mol. The summed E-state index contributed by atoms with van der Waals surface area (Å²) in [6, 6.07) is -0.567. The molecule has 3 unspecified atom stereocenters. The van der Waals surface area contributed by atoms with Crippen molar-refractivity contribution in [3.63, 3.8) is 0 Å². The smallest absolute Gasteiger partial charge is 0.326 e. The van der Waals surface area contributed by atoms with E-state index in [9.17, 15) is 4.79 Å². The third-order valence-electron chi connectivity index (χ3n) is 3.48. The molecule has 6 heteroatoms. The molecule has 3 N–H and O–H groups in total. The van der Waals surface area contributed by atoms with Crippen LogP contribution in [0.25, 0.3) is 0 Å². The molecule has 0 amide bonds. The highest BCUT2D eigenvalue weighted by atomic mass is 32.1. The van der Waals surface area contributed by atoms with Crippen LogP contribution in [0.3, 0.4) is 0 Å². The van der Waals surface area contributed by atoms with E-state index < -0.39 is 12.0 Å². The topological polar surface area (TPSA) is 79.5 Å². The van der Waals surface area contributed by atoms with Gasteiger partial charge in [-0.15, -0.1) is 11.3 Å². The minimum Gasteiger partial charge on any atom is -0.480 e. The highest BCUT2D eigenvalue weighted by molar-refractivity contribution is 7.13. The number of carboxylic acid groups (broad SMARTS) is 1. The summed E-state index contributed by atoms with van der Waals surface area (Å²) < 4.78 is 0. The Morgan fingerprint density at radius 2 is 2.39 bits per heavy atom. The van der Waals surface area contributed by atoms with Crippen LogP contribution in [-0.2, 0) is 4.79 Å². The van der Waals surface area contributed by atoms with Crippen LogP contribution >= 0.6 is 11.3 Å². The molecule has 100 valence electrons. The molecular formula is C12H19N3O2S. The lowest BCUT2D eigenvalue weighted by Gasteiger charge is -2.36. The number of aromatic nitrogens is 1. The quantitative estimate of drug-likeness (QED) is 0.875. The van der Waals surface area contributed by atoms with Crippen molar-refractivity contribution in [1.82, 2.24) is 4.98 Å². The fourth-order valence-corrected chi connectivity index (χ4v) is 3.36. The molecule has 1 fully saturated rings. The van der Waals surface area contributed by atoms with Crippen LogP contribution < -0.4 is 10.6 Å². The monoisotopic (exact) mass is 269 g/mol. The number of hydrogen-bond donors (Lipinski definition) is 2. The van der Waals surface area contributed by atoms with Gasteiger partial charge in [0.15, 0.2) is 5.13 Å². The maximum Gasteiger partial charge on any atom is 0.326 e. The number of thiazole rings is 1. The van der Waals surface area contributed by atoms with Gasteiger partial charge in [-0.2, -0.15) is 0 Å². The van der Waals surface area contributed by atoms with Gasteiger partial charge in [-0.3, -0.25) is 4.79 Å². The number of piperidine rings is 1. The molecule has 0 saturated carbocycles. The highest BCUT2D eigenvalue weighted by Gasteiger charge is 2.26. The second kappa shape index (κ2) is 5.24. The van der Waals surface area contributed by atoms with Crippen LogP contribution in [0.5, 0.6) is 0 Å². The molecule has 1 aliphatic heterocycles. The summed E-state index contributed by atoms with van der Waals surface area (Å²) in [5.41, 5.74) is 6.02. The SMILES string of the molecule is CC1CCN(c2nc(C(N)C(=O)O)cs2)C(C)C1. The van der Waals surface area contributed by atoms with E-state index in [0.717, 1.165) is 30.4 Å². The molecule has 0 radical (unpaired) electrons. The van der Waals surface area contributed by atoms with Gasteiger partial charge in [0.05, 0.1) is 5.69 Å². The molecule has 0 spiro atoms. The van der Waals surface area contributed by atoms with Crippen molar-refractivity contribution in [3.8, 4) is 0 Å². The van der Waals surface area contributed by atoms with Crippen molar-refractivity contribution in [3.05, 3.63) is 11.1 Å². The van der Waals surface area contributed by atoms with E-state index in [4.69, 9.17) is 10.8 Å². The van der Waals surface area contributed by atoms with Crippen LogP contribution in [-0.4, -0.2) is 28.6 Å². The Labute approximate surface area is 111 Å². The van der Waals surface area contributed by atoms with Crippen molar-refractivity contribution in [2.45, 2.75) is 38.8 Å². The van der Waals surface area contributed by atoms with Crippen molar-refractivity contribution in [1.29, 1.82) is 0 Å². The first kappa shape index (κ1) is 13.3. The van der Waals surface area contributed by atoms with Gasteiger partial charge in [0.25, 0.3) is 0 Å². The van der Waals surface area contributed by atoms with Gasteiger partial charge in [0.2, 0.25) is 0 Å². The fourth-order valence-electron chi connectivity index (χ4n) is 2.37. The zero-order valence-electron chi connectivity index (χ0n) is 10.7. The molecule has 0 aromatic carbocycles. The molecule has 0 bridgehead atoms. The van der Waals surface area contributed by atoms with Crippen LogP contribution in [0, 0.1) is 5.92 Å². The molecule has 2 heterocycles. The van der Waals surface area contributed by atoms with Crippen LogP contribution in [0.4, 0.5) is 5.13 Å². The maximum atomic E-state index is 10.8. The molecule has 1 aromatic heterocycles. The van der Waals surface area contributed by atoms with E-state index >= 15 is 0 Å². The average Bonchev–Trinajstić information content (AvgIpc) is 2.77. The van der Waals surface area contributed by atoms with Crippen molar-refractivity contribution >= 4 is 22.4 Å². The van der Waals surface area contributed by atoms with E-state index in [1.165, 1.54) is 11.3 Å². The van der Waals surface area contributed by atoms with Gasteiger partial charge >= 0.3 is 5.97 Å². The molecule has 2 rings (SSSR count). The highest BCUT2D eigenvalue weighted by Crippen LogP contribution is 2.31. The van der Waals surface area contributed by atoms with E-state index in [1.807, 2.05) is 0 Å². The lowest BCUT2D eigenvalue weighted by Crippen LogP contribution is -2.40. The lowest BCUT2D eigenvalue weighted by atomic mass is 9.94. The Hall–Kier alpha value is -1.14. The predicted molar refractivity (Wildman–Crippen MR) is 71.9 cm³/mol. The Bertz CT molecular complexity index is 435. The summed E-state index contributed by atoms with van der Waals surface area (Å²) in [5.74, 6) is -0.288. The Morgan fingerprint density at radius 3 is 3.00 bits per heavy atom. The molecule has 1 aliphatic rings. The Morgan fingerprint density at radius 1 is 1.67 bits per heavy atom. The largest absolute Gasteiger partial charge is 0.480 e. The zero-order valence-corrected chi connectivity index (χ0v) is 11.5. The number of nitrogens with two attached hydrogens (primary N) is 1. The second-order valence-corrected chi connectivity index (χ2v) is 5.88. The van der Waals surface area contributed by atoms with Crippen molar-refractivity contribution < 1.29 is 9.90 Å². The normalized spacial score (nSPS) is 26.1. The number of hydrogen-bond acceptors (Lipinski definition) is 5. The summed E-state index contributed by atoms with van der Waals surface area (Å²) >= 11 is 1.48. The second-order valence-electron chi connectivity index (χ2n) is 5.04. The van der Waals surface area contributed by atoms with Gasteiger partial charge in [-0.25, -0.2) is 4.98 Å². The van der Waals surface area contributed by atoms with Crippen molar-refractivity contribution in [2.75, 3.05) is 11.4 Å². The zero-order chi connectivity index (χ0) is 13.3. The van der Waals surface area contributed by atoms with Gasteiger partial charge in [-0.1, -0.05) is 6.92 Å². The number of anilines is 1. The third-order valence-corrected chi connectivity index (χ3v) is 4.37. The first-order valence-electron chi connectivity index (χ1n) is 6.19. The van der Waals surface area contributed by atoms with Gasteiger partial charge in [0.1, 0.15) is 6.04 Å². The molecule has 18 heavy (non-hydrogen) atoms. The van der Waals surface area contributed by atoms with Crippen LogP contribution in [0.2, 0.25) is 0 Å². The van der Waals surface area contributed by atoms with Gasteiger partial charge in [-0.05, 0) is 25.7 Å². The first-order valence-corrected chi connectivity index (χ1v) is 7.07. The van der Waals surface area contributed by atoms with E-state index in [-0.39, 0.29) is 0 Å². The lowest BCUT2D eigenvalue weighted by molar-refractivity contribution is -0.138. The molecule has 5 nitrogen and oxygen atoms in total. The van der Waals surface area contributed by atoms with E-state index in [0.29, 0.717) is 11.7 Å². The number of carboxylic acids is 1. The Balaban J connectivity index is 2.12. The number of carbonyl (C=O) groups is 1. The molecular weight excluding hydrogens is 250 g/mol. The van der Waals surface area contributed by atoms with Gasteiger partial charge < -0.3 is 15.7 Å². The maximum absolute atomic E-state index is 10.8. The summed E-state index contributed by atoms with van der Waals surface area (Å²) in [7, 11) is 0. The first-order chi connectivity index (χ1) is 8.49. The Kier molecular flexibility index (Phi) is 3.87. The summed E-state index contributed by atoms with van der Waals surface area (Å²) in [4.78, 5) is 17.4. The summed E-state index contributed by atoms with van der Waals surface area (Å²) in [6.45, 7) is 5.44. The molecule has 3 atom stereocenters. The van der Waals surface area contributed by atoms with E-state index in [1.54, 1.807) is 5.38 Å². The van der Waals surface area contributed by atoms with E-state index in [2.05, 4.69) is 23.7 Å². The molecule has 1 saturated heterocycles. The fraction of sp³-hybridized carbons (Fsp3) is 0.667. The molecule has 0 aliphatic carbocycles. The number of aliphatic carboxylic acids is 1. The third kappa shape index (κ3) is 2.64. The number of nitrogens with zero attached hydrogens (tertiary/aromatic N) is 2. The van der Waals surface area contributed by atoms with Crippen LogP contribution in [0.15, 0.2) is 5.38 Å². The van der Waals surface area contributed by atoms with Crippen LogP contribution in [0.1, 0.15) is 38.4 Å².